The average molecular weight is 408 g/mol. The Hall–Kier alpha value is -3.58. The monoisotopic (exact) mass is 407 g/mol. The van der Waals surface area contributed by atoms with Crippen molar-refractivity contribution >= 4 is 40.2 Å². The average Bonchev–Trinajstić information content (AvgIpc) is 3.04. The van der Waals surface area contributed by atoms with Gasteiger partial charge < -0.3 is 19.9 Å². The van der Waals surface area contributed by atoms with E-state index in [0.29, 0.717) is 28.2 Å². The van der Waals surface area contributed by atoms with Crippen LogP contribution in [0.25, 0.3) is 11.0 Å². The van der Waals surface area contributed by atoms with Crippen LogP contribution in [0.15, 0.2) is 60.8 Å². The van der Waals surface area contributed by atoms with E-state index in [1.165, 1.54) is 6.20 Å². The first-order valence-corrected chi connectivity index (χ1v) is 9.26. The number of amides is 1. The van der Waals surface area contributed by atoms with E-state index in [-0.39, 0.29) is 5.91 Å². The smallest absolute Gasteiger partial charge is 0.269 e. The van der Waals surface area contributed by atoms with Gasteiger partial charge >= 0.3 is 0 Å². The Balaban J connectivity index is 1.59. The van der Waals surface area contributed by atoms with E-state index in [1.807, 2.05) is 54.1 Å². The molecule has 2 aromatic carbocycles. The van der Waals surface area contributed by atoms with Crippen molar-refractivity contribution in [2.75, 3.05) is 12.4 Å². The summed E-state index contributed by atoms with van der Waals surface area (Å²) in [7, 11) is 3.49. The number of anilines is 2. The van der Waals surface area contributed by atoms with Crippen molar-refractivity contribution in [3.05, 3.63) is 71.5 Å². The highest BCUT2D eigenvalue weighted by molar-refractivity contribution is 6.30. The number of nitrogens with zero attached hydrogens (tertiary/aromatic N) is 3. The molecular weight excluding hydrogens is 390 g/mol. The summed E-state index contributed by atoms with van der Waals surface area (Å²) < 4.78 is 7.86. The molecule has 2 heterocycles. The van der Waals surface area contributed by atoms with E-state index in [1.54, 1.807) is 19.2 Å². The molecule has 0 saturated carbocycles. The number of halogens is 1. The van der Waals surface area contributed by atoms with Gasteiger partial charge in [-0.25, -0.2) is 4.98 Å². The van der Waals surface area contributed by atoms with Crippen LogP contribution in [0.3, 0.4) is 0 Å². The van der Waals surface area contributed by atoms with Crippen LogP contribution in [-0.4, -0.2) is 27.5 Å². The van der Waals surface area contributed by atoms with Crippen LogP contribution in [0.2, 0.25) is 5.02 Å². The van der Waals surface area contributed by atoms with Gasteiger partial charge in [-0.3, -0.25) is 9.78 Å². The maximum atomic E-state index is 11.7. The second-order valence-corrected chi connectivity index (χ2v) is 6.77. The zero-order valence-electron chi connectivity index (χ0n) is 15.8. The van der Waals surface area contributed by atoms with E-state index in [2.05, 4.69) is 20.6 Å². The second-order valence-electron chi connectivity index (χ2n) is 6.33. The molecule has 146 valence electrons. The van der Waals surface area contributed by atoms with Crippen molar-refractivity contribution in [3.8, 4) is 11.5 Å². The molecule has 0 bridgehead atoms. The second kappa shape index (κ2) is 7.81. The standard InChI is InChI=1S/C21H18ClN5O2/c1-23-20(28)18-12-16(9-10-24-18)29-15-7-8-19-17(11-15)26-21(27(19)2)25-14-5-3-13(22)4-6-14/h3-12H,1-2H3,(H,23,28)(H,25,26). The van der Waals surface area contributed by atoms with E-state index >= 15 is 0 Å². The van der Waals surface area contributed by atoms with Gasteiger partial charge in [0.15, 0.2) is 0 Å². The molecule has 0 atom stereocenters. The molecule has 0 aliphatic carbocycles. The van der Waals surface area contributed by atoms with Crippen molar-refractivity contribution in [1.29, 1.82) is 0 Å². The van der Waals surface area contributed by atoms with Crippen molar-refractivity contribution in [2.24, 2.45) is 7.05 Å². The molecule has 29 heavy (non-hydrogen) atoms. The van der Waals surface area contributed by atoms with Gasteiger partial charge in [0, 0.05) is 43.1 Å². The maximum absolute atomic E-state index is 11.7. The number of pyridine rings is 1. The fourth-order valence-corrected chi connectivity index (χ4v) is 3.01. The number of hydrogen-bond acceptors (Lipinski definition) is 5. The first-order valence-electron chi connectivity index (χ1n) is 8.88. The van der Waals surface area contributed by atoms with Gasteiger partial charge in [0.1, 0.15) is 17.2 Å². The van der Waals surface area contributed by atoms with Crippen LogP contribution in [0.1, 0.15) is 10.5 Å². The summed E-state index contributed by atoms with van der Waals surface area (Å²) in [6.45, 7) is 0. The highest BCUT2D eigenvalue weighted by Gasteiger charge is 2.11. The lowest BCUT2D eigenvalue weighted by molar-refractivity contribution is 0.0958. The van der Waals surface area contributed by atoms with Gasteiger partial charge in [-0.1, -0.05) is 11.6 Å². The van der Waals surface area contributed by atoms with Crippen LogP contribution in [0.4, 0.5) is 11.6 Å². The lowest BCUT2D eigenvalue weighted by Gasteiger charge is -2.07. The molecule has 4 aromatic rings. The van der Waals surface area contributed by atoms with Gasteiger partial charge in [-0.15, -0.1) is 0 Å². The summed E-state index contributed by atoms with van der Waals surface area (Å²) in [5.74, 6) is 1.56. The van der Waals surface area contributed by atoms with Crippen molar-refractivity contribution < 1.29 is 9.53 Å². The highest BCUT2D eigenvalue weighted by atomic mass is 35.5. The molecule has 2 aromatic heterocycles. The summed E-state index contributed by atoms with van der Waals surface area (Å²) in [5.41, 5.74) is 2.91. The fraction of sp³-hybridized carbons (Fsp3) is 0.0952. The van der Waals surface area contributed by atoms with Gasteiger partial charge in [0.05, 0.1) is 11.0 Å². The van der Waals surface area contributed by atoms with Crippen LogP contribution < -0.4 is 15.4 Å². The van der Waals surface area contributed by atoms with Gasteiger partial charge in [-0.2, -0.15) is 0 Å². The number of hydrogen-bond donors (Lipinski definition) is 2. The SMILES string of the molecule is CNC(=O)c1cc(Oc2ccc3c(c2)nc(Nc2ccc(Cl)cc2)n3C)ccn1. The predicted octanol–water partition coefficient (Wildman–Crippen LogP) is 4.52. The van der Waals surface area contributed by atoms with Crippen LogP contribution >= 0.6 is 11.6 Å². The fourth-order valence-electron chi connectivity index (χ4n) is 2.88. The molecule has 0 radical (unpaired) electrons. The summed E-state index contributed by atoms with van der Waals surface area (Å²) >= 11 is 5.94. The van der Waals surface area contributed by atoms with E-state index in [4.69, 9.17) is 16.3 Å². The summed E-state index contributed by atoms with van der Waals surface area (Å²) in [6, 6.07) is 16.4. The quantitative estimate of drug-likeness (QED) is 0.508. The molecule has 0 saturated heterocycles. The third kappa shape index (κ3) is 4.00. The van der Waals surface area contributed by atoms with Crippen molar-refractivity contribution in [3.63, 3.8) is 0 Å². The Bertz CT molecular complexity index is 1190. The largest absolute Gasteiger partial charge is 0.457 e. The van der Waals surface area contributed by atoms with Gasteiger partial charge in [0.25, 0.3) is 5.91 Å². The Labute approximate surface area is 172 Å². The minimum atomic E-state index is -0.270. The Kier molecular flexibility index (Phi) is 5.05. The lowest BCUT2D eigenvalue weighted by atomic mass is 10.3. The van der Waals surface area contributed by atoms with Crippen LogP contribution in [-0.2, 0) is 7.05 Å². The minimum absolute atomic E-state index is 0.270. The van der Waals surface area contributed by atoms with E-state index in [9.17, 15) is 4.79 Å². The molecule has 8 heteroatoms. The number of fused-ring (bicyclic) bond motifs is 1. The number of ether oxygens (including phenoxy) is 1. The van der Waals surface area contributed by atoms with Crippen molar-refractivity contribution in [2.45, 2.75) is 0 Å². The Morgan fingerprint density at radius 1 is 1.07 bits per heavy atom. The molecule has 0 unspecified atom stereocenters. The molecule has 0 aliphatic rings. The number of imidazole rings is 1. The molecule has 0 fully saturated rings. The van der Waals surface area contributed by atoms with Gasteiger partial charge in [0.2, 0.25) is 5.95 Å². The van der Waals surface area contributed by atoms with Crippen LogP contribution in [0.5, 0.6) is 11.5 Å². The number of aryl methyl sites for hydroxylation is 1. The molecule has 2 N–H and O–H groups in total. The summed E-state index contributed by atoms with van der Waals surface area (Å²) in [5, 5.41) is 6.51. The number of nitrogens with one attached hydrogen (secondary N) is 2. The highest BCUT2D eigenvalue weighted by Crippen LogP contribution is 2.28. The summed E-state index contributed by atoms with van der Waals surface area (Å²) in [6.07, 6.45) is 1.54. The normalized spacial score (nSPS) is 10.7. The third-order valence-electron chi connectivity index (χ3n) is 4.38. The number of carbonyl (C=O) groups is 1. The number of benzene rings is 2. The van der Waals surface area contributed by atoms with Gasteiger partial charge in [-0.05, 0) is 42.5 Å². The van der Waals surface area contributed by atoms with E-state index in [0.717, 1.165) is 16.7 Å². The zero-order chi connectivity index (χ0) is 20.4. The van der Waals surface area contributed by atoms with Crippen LogP contribution in [0, 0.1) is 0 Å². The molecule has 7 nitrogen and oxygen atoms in total. The number of rotatable bonds is 5. The molecule has 0 spiro atoms. The minimum Gasteiger partial charge on any atom is -0.457 e. The molecule has 4 rings (SSSR count). The Morgan fingerprint density at radius 3 is 2.59 bits per heavy atom. The predicted molar refractivity (Wildman–Crippen MR) is 113 cm³/mol. The number of aromatic nitrogens is 3. The molecular formula is C21H18ClN5O2. The zero-order valence-corrected chi connectivity index (χ0v) is 16.6. The summed E-state index contributed by atoms with van der Waals surface area (Å²) in [4.78, 5) is 20.4. The topological polar surface area (TPSA) is 81.1 Å². The Morgan fingerprint density at radius 2 is 1.83 bits per heavy atom. The van der Waals surface area contributed by atoms with Crippen molar-refractivity contribution in [1.82, 2.24) is 19.9 Å². The van der Waals surface area contributed by atoms with E-state index < -0.39 is 0 Å². The third-order valence-corrected chi connectivity index (χ3v) is 4.63. The first kappa shape index (κ1) is 18.8. The molecule has 1 amide bonds. The lowest BCUT2D eigenvalue weighted by Crippen LogP contribution is -2.18. The first-order chi connectivity index (χ1) is 14.0. The number of carbonyl (C=O) groups excluding carboxylic acids is 1. The molecule has 0 aliphatic heterocycles. The maximum Gasteiger partial charge on any atom is 0.269 e.